The zero-order valence-electron chi connectivity index (χ0n) is 11.4. The smallest absolute Gasteiger partial charge is 0.231 e. The van der Waals surface area contributed by atoms with E-state index in [9.17, 15) is 5.11 Å². The van der Waals surface area contributed by atoms with E-state index in [-0.39, 0.29) is 5.75 Å². The van der Waals surface area contributed by atoms with E-state index in [1.165, 1.54) is 0 Å². The molecule has 0 atom stereocenters. The number of halogens is 2. The Kier molecular flexibility index (Phi) is 3.45. The van der Waals surface area contributed by atoms with Crippen molar-refractivity contribution < 1.29 is 9.52 Å². The Morgan fingerprint density at radius 3 is 2.62 bits per heavy atom. The number of phenolic OH excluding ortho intramolecular Hbond substituents is 1. The zero-order valence-corrected chi connectivity index (χ0v) is 14.5. The van der Waals surface area contributed by atoms with Gasteiger partial charge < -0.3 is 15.3 Å². The molecule has 0 amide bonds. The first kappa shape index (κ1) is 14.4. The van der Waals surface area contributed by atoms with Gasteiger partial charge in [0.1, 0.15) is 11.3 Å². The number of rotatable bonds is 1. The molecule has 3 rings (SSSR count). The molecule has 3 aromatic rings. The Bertz CT molecular complexity index is 872. The van der Waals surface area contributed by atoms with Crippen molar-refractivity contribution >= 4 is 48.6 Å². The van der Waals surface area contributed by atoms with Gasteiger partial charge in [-0.3, -0.25) is 0 Å². The highest BCUT2D eigenvalue weighted by atomic mass is 79.9. The number of aromatic hydroxyl groups is 1. The molecule has 1 heterocycles. The molecule has 0 radical (unpaired) electrons. The number of oxazole rings is 1. The molecule has 3 N–H and O–H groups in total. The number of anilines is 1. The molecule has 6 heteroatoms. The summed E-state index contributed by atoms with van der Waals surface area (Å²) in [5, 5.41) is 10.2. The maximum Gasteiger partial charge on any atom is 0.231 e. The number of phenols is 1. The molecule has 0 unspecified atom stereocenters. The molecule has 0 fully saturated rings. The second-order valence-electron chi connectivity index (χ2n) is 4.90. The molecular weight excluding hydrogens is 400 g/mol. The Balaban J connectivity index is 2.30. The van der Waals surface area contributed by atoms with Crippen molar-refractivity contribution in [2.75, 3.05) is 5.73 Å². The topological polar surface area (TPSA) is 72.3 Å². The molecule has 0 bridgehead atoms. The van der Waals surface area contributed by atoms with Crippen LogP contribution in [0.2, 0.25) is 0 Å². The first-order valence-electron chi connectivity index (χ1n) is 6.23. The van der Waals surface area contributed by atoms with Crippen LogP contribution in [0.15, 0.2) is 31.6 Å². The van der Waals surface area contributed by atoms with Crippen LogP contribution in [-0.2, 0) is 0 Å². The Morgan fingerprint density at radius 2 is 1.90 bits per heavy atom. The summed E-state index contributed by atoms with van der Waals surface area (Å²) in [6.07, 6.45) is 0. The van der Waals surface area contributed by atoms with Gasteiger partial charge in [0.15, 0.2) is 5.58 Å². The monoisotopic (exact) mass is 410 g/mol. The Labute approximate surface area is 138 Å². The lowest BCUT2D eigenvalue weighted by Crippen LogP contribution is -1.88. The van der Waals surface area contributed by atoms with Crippen LogP contribution in [0.1, 0.15) is 11.1 Å². The summed E-state index contributed by atoms with van der Waals surface area (Å²) in [4.78, 5) is 4.46. The van der Waals surface area contributed by atoms with Crippen LogP contribution in [-0.4, -0.2) is 10.1 Å². The van der Waals surface area contributed by atoms with Crippen LogP contribution in [0.4, 0.5) is 5.69 Å². The number of benzene rings is 2. The van der Waals surface area contributed by atoms with Crippen LogP contribution < -0.4 is 5.73 Å². The third kappa shape index (κ3) is 2.32. The fraction of sp³-hybridized carbons (Fsp3) is 0.133. The van der Waals surface area contributed by atoms with E-state index in [2.05, 4.69) is 36.8 Å². The van der Waals surface area contributed by atoms with Gasteiger partial charge in [-0.15, -0.1) is 0 Å². The molecule has 0 saturated carbocycles. The minimum atomic E-state index is 0.0559. The number of fused-ring (bicyclic) bond motifs is 1. The number of aromatic nitrogens is 1. The molecule has 0 saturated heterocycles. The van der Waals surface area contributed by atoms with Crippen molar-refractivity contribution in [3.05, 3.63) is 38.3 Å². The van der Waals surface area contributed by atoms with E-state index in [0.717, 1.165) is 21.1 Å². The maximum absolute atomic E-state index is 10.2. The number of nitrogen functional groups attached to an aromatic ring is 1. The summed E-state index contributed by atoms with van der Waals surface area (Å²) in [6, 6.07) is 5.23. The SMILES string of the molecule is Cc1cc2nc(-c3cc(N)cc(Br)c3O)oc2c(Br)c1C. The highest BCUT2D eigenvalue weighted by Crippen LogP contribution is 2.40. The van der Waals surface area contributed by atoms with Gasteiger partial charge in [-0.25, -0.2) is 4.98 Å². The van der Waals surface area contributed by atoms with Crippen LogP contribution in [0.3, 0.4) is 0 Å². The van der Waals surface area contributed by atoms with E-state index in [4.69, 9.17) is 10.2 Å². The van der Waals surface area contributed by atoms with Gasteiger partial charge in [-0.1, -0.05) is 0 Å². The molecule has 0 aliphatic heterocycles. The quantitative estimate of drug-likeness (QED) is 0.440. The summed E-state index contributed by atoms with van der Waals surface area (Å²) >= 11 is 6.80. The van der Waals surface area contributed by atoms with Crippen molar-refractivity contribution in [2.24, 2.45) is 0 Å². The van der Waals surface area contributed by atoms with Gasteiger partial charge in [0.05, 0.1) is 14.5 Å². The first-order valence-corrected chi connectivity index (χ1v) is 7.81. The van der Waals surface area contributed by atoms with E-state index < -0.39 is 0 Å². The lowest BCUT2D eigenvalue weighted by Gasteiger charge is -2.04. The molecular formula is C15H12Br2N2O2. The third-order valence-corrected chi connectivity index (χ3v) is 5.00. The second-order valence-corrected chi connectivity index (χ2v) is 6.55. The molecule has 0 aliphatic rings. The summed E-state index contributed by atoms with van der Waals surface area (Å²) in [5.74, 6) is 0.390. The van der Waals surface area contributed by atoms with E-state index >= 15 is 0 Å². The molecule has 21 heavy (non-hydrogen) atoms. The van der Waals surface area contributed by atoms with E-state index in [1.807, 2.05) is 19.9 Å². The third-order valence-electron chi connectivity index (χ3n) is 3.44. The molecule has 2 aromatic carbocycles. The summed E-state index contributed by atoms with van der Waals surface area (Å²) in [7, 11) is 0. The van der Waals surface area contributed by atoms with Crippen molar-refractivity contribution in [2.45, 2.75) is 13.8 Å². The minimum absolute atomic E-state index is 0.0559. The van der Waals surface area contributed by atoms with Gasteiger partial charge in [-0.2, -0.15) is 0 Å². The van der Waals surface area contributed by atoms with Crippen LogP contribution in [0.25, 0.3) is 22.6 Å². The normalized spacial score (nSPS) is 11.2. The standard InChI is InChI=1S/C15H12Br2N2O2/c1-6-3-11-14(12(17)7(6)2)21-15(19-11)9-4-8(18)5-10(16)13(9)20/h3-5,20H,18H2,1-2H3. The predicted molar refractivity (Wildman–Crippen MR) is 90.4 cm³/mol. The van der Waals surface area contributed by atoms with Crippen LogP contribution in [0, 0.1) is 13.8 Å². The van der Waals surface area contributed by atoms with Crippen molar-refractivity contribution in [3.63, 3.8) is 0 Å². The Hall–Kier alpha value is -1.53. The number of nitrogens with zero attached hydrogens (tertiary/aromatic N) is 1. The van der Waals surface area contributed by atoms with Gasteiger partial charge in [0.2, 0.25) is 5.89 Å². The van der Waals surface area contributed by atoms with Crippen molar-refractivity contribution in [3.8, 4) is 17.2 Å². The number of hydrogen-bond acceptors (Lipinski definition) is 4. The largest absolute Gasteiger partial charge is 0.506 e. The average molecular weight is 412 g/mol. The van der Waals surface area contributed by atoms with Crippen molar-refractivity contribution in [1.82, 2.24) is 4.98 Å². The molecule has 4 nitrogen and oxygen atoms in total. The zero-order chi connectivity index (χ0) is 15.3. The number of hydrogen-bond donors (Lipinski definition) is 2. The summed E-state index contributed by atoms with van der Waals surface area (Å²) < 4.78 is 7.20. The molecule has 0 aliphatic carbocycles. The fourth-order valence-electron chi connectivity index (χ4n) is 2.14. The van der Waals surface area contributed by atoms with E-state index in [1.54, 1.807) is 12.1 Å². The van der Waals surface area contributed by atoms with Gasteiger partial charge in [0, 0.05) is 5.69 Å². The Morgan fingerprint density at radius 1 is 1.19 bits per heavy atom. The molecule has 0 spiro atoms. The average Bonchev–Trinajstić information content (AvgIpc) is 2.84. The highest BCUT2D eigenvalue weighted by Gasteiger charge is 2.18. The second kappa shape index (κ2) is 5.03. The van der Waals surface area contributed by atoms with Gasteiger partial charge >= 0.3 is 0 Å². The van der Waals surface area contributed by atoms with Gasteiger partial charge in [0.25, 0.3) is 0 Å². The lowest BCUT2D eigenvalue weighted by atomic mass is 10.1. The fourth-order valence-corrected chi connectivity index (χ4v) is 3.22. The summed E-state index contributed by atoms with van der Waals surface area (Å²) in [5.41, 5.74) is 10.4. The maximum atomic E-state index is 10.2. The molecule has 1 aromatic heterocycles. The predicted octanol–water partition coefficient (Wildman–Crippen LogP) is 4.92. The minimum Gasteiger partial charge on any atom is -0.506 e. The first-order chi connectivity index (χ1) is 9.88. The van der Waals surface area contributed by atoms with E-state index in [0.29, 0.717) is 27.2 Å². The van der Waals surface area contributed by atoms with Crippen molar-refractivity contribution in [1.29, 1.82) is 0 Å². The molecule has 108 valence electrons. The summed E-state index contributed by atoms with van der Waals surface area (Å²) in [6.45, 7) is 4.03. The van der Waals surface area contributed by atoms with Crippen LogP contribution in [0.5, 0.6) is 5.75 Å². The number of nitrogens with two attached hydrogens (primary N) is 1. The van der Waals surface area contributed by atoms with Crippen LogP contribution >= 0.6 is 31.9 Å². The number of aryl methyl sites for hydroxylation is 1. The lowest BCUT2D eigenvalue weighted by molar-refractivity contribution is 0.471. The van der Waals surface area contributed by atoms with Gasteiger partial charge in [-0.05, 0) is 75.0 Å². The highest BCUT2D eigenvalue weighted by molar-refractivity contribution is 9.11.